The monoisotopic (exact) mass is 502 g/mol. The molecule has 0 spiro atoms. The number of aliphatic imine (C=N–C) groups is 1. The first-order valence-corrected chi connectivity index (χ1v) is 13.8. The maximum Gasteiger partial charge on any atom is 0.127 e. The van der Waals surface area contributed by atoms with Gasteiger partial charge in [0, 0.05) is 62.1 Å². The van der Waals surface area contributed by atoms with Crippen LogP contribution in [-0.4, -0.2) is 24.8 Å². The van der Waals surface area contributed by atoms with E-state index < -0.39 is 0 Å². The van der Waals surface area contributed by atoms with E-state index in [4.69, 9.17) is 0 Å². The number of pyridine rings is 1. The Morgan fingerprint density at radius 2 is 1.74 bits per heavy atom. The highest BCUT2D eigenvalue weighted by Gasteiger charge is 2.22. The van der Waals surface area contributed by atoms with Gasteiger partial charge in [-0.1, -0.05) is 74.4 Å². The first-order chi connectivity index (χ1) is 18.6. The van der Waals surface area contributed by atoms with Crippen molar-refractivity contribution in [3.63, 3.8) is 0 Å². The van der Waals surface area contributed by atoms with Gasteiger partial charge in [0.2, 0.25) is 0 Å². The zero-order chi connectivity index (χ0) is 26.3. The van der Waals surface area contributed by atoms with E-state index in [1.54, 1.807) is 0 Å². The summed E-state index contributed by atoms with van der Waals surface area (Å²) in [6, 6.07) is 21.9. The summed E-state index contributed by atoms with van der Waals surface area (Å²) in [5, 5.41) is 0. The van der Waals surface area contributed by atoms with Gasteiger partial charge >= 0.3 is 0 Å². The van der Waals surface area contributed by atoms with Crippen molar-refractivity contribution in [1.82, 2.24) is 4.98 Å². The SMILES string of the molecule is C=C(C1CCCCC1)N(Cc1ccc(-c2ccc(N(C)C)nc2)cc1)c1cccc(/C=C/C2=NC=CC2)c1. The Labute approximate surface area is 227 Å². The van der Waals surface area contributed by atoms with Crippen molar-refractivity contribution in [3.8, 4) is 11.1 Å². The molecule has 2 aromatic carbocycles. The summed E-state index contributed by atoms with van der Waals surface area (Å²) in [6.45, 7) is 5.45. The molecule has 4 nitrogen and oxygen atoms in total. The lowest BCUT2D eigenvalue weighted by Crippen LogP contribution is -2.27. The average molecular weight is 503 g/mol. The molecule has 0 unspecified atom stereocenters. The largest absolute Gasteiger partial charge is 0.363 e. The normalized spacial score (nSPS) is 15.6. The fraction of sp³-hybridized carbons (Fsp3) is 0.294. The van der Waals surface area contributed by atoms with Gasteiger partial charge in [-0.25, -0.2) is 4.98 Å². The molecule has 1 aliphatic carbocycles. The minimum Gasteiger partial charge on any atom is -0.363 e. The lowest BCUT2D eigenvalue weighted by atomic mass is 9.86. The molecule has 5 rings (SSSR count). The Morgan fingerprint density at radius 1 is 0.947 bits per heavy atom. The van der Waals surface area contributed by atoms with Crippen LogP contribution in [0.2, 0.25) is 0 Å². The van der Waals surface area contributed by atoms with Crippen LogP contribution < -0.4 is 9.80 Å². The molecular weight excluding hydrogens is 464 g/mol. The van der Waals surface area contributed by atoms with E-state index in [9.17, 15) is 0 Å². The molecule has 1 aromatic heterocycles. The van der Waals surface area contributed by atoms with Crippen LogP contribution in [0.1, 0.15) is 49.7 Å². The molecule has 38 heavy (non-hydrogen) atoms. The highest BCUT2D eigenvalue weighted by molar-refractivity contribution is 6.00. The lowest BCUT2D eigenvalue weighted by Gasteiger charge is -2.34. The molecular formula is C34H38N4. The van der Waals surface area contributed by atoms with Crippen LogP contribution in [-0.2, 0) is 6.54 Å². The number of allylic oxidation sites excluding steroid dienone is 3. The van der Waals surface area contributed by atoms with Crippen molar-refractivity contribution >= 4 is 23.3 Å². The number of hydrogen-bond acceptors (Lipinski definition) is 4. The van der Waals surface area contributed by atoms with Gasteiger partial charge < -0.3 is 9.80 Å². The van der Waals surface area contributed by atoms with Crippen LogP contribution >= 0.6 is 0 Å². The first-order valence-electron chi connectivity index (χ1n) is 13.8. The Bertz CT molecular complexity index is 1320. The number of nitrogens with zero attached hydrogens (tertiary/aromatic N) is 4. The van der Waals surface area contributed by atoms with E-state index in [0.717, 1.165) is 30.1 Å². The summed E-state index contributed by atoms with van der Waals surface area (Å²) in [7, 11) is 4.02. The van der Waals surface area contributed by atoms with Gasteiger partial charge in [0.15, 0.2) is 0 Å². The second-order valence-corrected chi connectivity index (χ2v) is 10.5. The Hall–Kier alpha value is -3.92. The molecule has 0 bridgehead atoms. The smallest absolute Gasteiger partial charge is 0.127 e. The number of rotatable bonds is 9. The van der Waals surface area contributed by atoms with Crippen molar-refractivity contribution in [2.24, 2.45) is 10.9 Å². The third-order valence-electron chi connectivity index (χ3n) is 7.58. The molecule has 1 saturated carbocycles. The van der Waals surface area contributed by atoms with Crippen molar-refractivity contribution in [2.45, 2.75) is 45.1 Å². The predicted octanol–water partition coefficient (Wildman–Crippen LogP) is 8.29. The molecule has 0 N–H and O–H groups in total. The highest BCUT2D eigenvalue weighted by atomic mass is 15.1. The topological polar surface area (TPSA) is 31.7 Å². The number of anilines is 2. The van der Waals surface area contributed by atoms with E-state index in [1.165, 1.54) is 60.2 Å². The maximum absolute atomic E-state index is 4.65. The van der Waals surface area contributed by atoms with Crippen LogP contribution in [0, 0.1) is 5.92 Å². The molecule has 2 heterocycles. The molecule has 194 valence electrons. The third-order valence-corrected chi connectivity index (χ3v) is 7.58. The summed E-state index contributed by atoms with van der Waals surface area (Å²) < 4.78 is 0. The number of benzene rings is 2. The number of hydrogen-bond donors (Lipinski definition) is 0. The minimum absolute atomic E-state index is 0.544. The van der Waals surface area contributed by atoms with Gasteiger partial charge in [0.05, 0.1) is 0 Å². The van der Waals surface area contributed by atoms with E-state index in [-0.39, 0.29) is 0 Å². The second kappa shape index (κ2) is 12.1. The molecule has 0 amide bonds. The zero-order valence-electron chi connectivity index (χ0n) is 22.7. The molecule has 2 aliphatic rings. The van der Waals surface area contributed by atoms with Crippen LogP contribution in [0.15, 0.2) is 102 Å². The molecule has 3 aromatic rings. The van der Waals surface area contributed by atoms with E-state index >= 15 is 0 Å². The zero-order valence-corrected chi connectivity index (χ0v) is 22.7. The third kappa shape index (κ3) is 6.31. The van der Waals surface area contributed by atoms with E-state index in [1.807, 2.05) is 31.4 Å². The van der Waals surface area contributed by atoms with Gasteiger partial charge in [0.1, 0.15) is 5.82 Å². The van der Waals surface area contributed by atoms with Crippen LogP contribution in [0.4, 0.5) is 11.5 Å². The van der Waals surface area contributed by atoms with Gasteiger partial charge in [-0.2, -0.15) is 0 Å². The highest BCUT2D eigenvalue weighted by Crippen LogP contribution is 2.35. The Morgan fingerprint density at radius 3 is 2.42 bits per heavy atom. The van der Waals surface area contributed by atoms with Gasteiger partial charge in [-0.3, -0.25) is 4.99 Å². The van der Waals surface area contributed by atoms with E-state index in [0.29, 0.717) is 5.92 Å². The summed E-state index contributed by atoms with van der Waals surface area (Å²) >= 11 is 0. The van der Waals surface area contributed by atoms with Crippen molar-refractivity contribution in [3.05, 3.63) is 109 Å². The second-order valence-electron chi connectivity index (χ2n) is 10.5. The van der Waals surface area contributed by atoms with Crippen molar-refractivity contribution in [1.29, 1.82) is 0 Å². The van der Waals surface area contributed by atoms with Crippen LogP contribution in [0.3, 0.4) is 0 Å². The fourth-order valence-electron chi connectivity index (χ4n) is 5.30. The van der Waals surface area contributed by atoms with Crippen molar-refractivity contribution < 1.29 is 0 Å². The van der Waals surface area contributed by atoms with Crippen molar-refractivity contribution in [2.75, 3.05) is 23.9 Å². The number of aromatic nitrogens is 1. The summed E-state index contributed by atoms with van der Waals surface area (Å²) in [4.78, 5) is 13.4. The van der Waals surface area contributed by atoms with Crippen LogP contribution in [0.5, 0.6) is 0 Å². The summed E-state index contributed by atoms with van der Waals surface area (Å²) in [6.07, 6.45) is 17.5. The maximum atomic E-state index is 4.65. The van der Waals surface area contributed by atoms with Gasteiger partial charge in [0.25, 0.3) is 0 Å². The standard InChI is InChI=1S/C34H38N4/c1-26(29-10-5-4-6-11-29)38(33-13-7-9-27(23-33)16-20-32-12-8-22-35-32)25-28-14-17-30(18-15-28)31-19-21-34(36-24-31)37(2)3/h7-9,13-24,29H,1,4-6,10-12,25H2,2-3H3/b20-16+. The van der Waals surface area contributed by atoms with Gasteiger partial charge in [-0.05, 0) is 65.8 Å². The lowest BCUT2D eigenvalue weighted by molar-refractivity contribution is 0.396. The molecule has 1 aliphatic heterocycles. The molecule has 4 heteroatoms. The Balaban J connectivity index is 1.38. The Kier molecular flexibility index (Phi) is 8.18. The first kappa shape index (κ1) is 25.7. The summed E-state index contributed by atoms with van der Waals surface area (Å²) in [5.74, 6) is 1.51. The quantitative estimate of drug-likeness (QED) is 0.295. The average Bonchev–Trinajstić information content (AvgIpc) is 3.49. The van der Waals surface area contributed by atoms with E-state index in [2.05, 4.69) is 100 Å². The minimum atomic E-state index is 0.544. The fourth-order valence-corrected chi connectivity index (χ4v) is 5.30. The molecule has 1 fully saturated rings. The molecule has 0 radical (unpaired) electrons. The predicted molar refractivity (Wildman–Crippen MR) is 163 cm³/mol. The molecule has 0 saturated heterocycles. The molecule has 0 atom stereocenters. The van der Waals surface area contributed by atoms with Crippen LogP contribution in [0.25, 0.3) is 17.2 Å². The summed E-state index contributed by atoms with van der Waals surface area (Å²) in [5.41, 5.74) is 8.31. The van der Waals surface area contributed by atoms with Gasteiger partial charge in [-0.15, -0.1) is 0 Å².